The lowest BCUT2D eigenvalue weighted by Gasteiger charge is -2.29. The van der Waals surface area contributed by atoms with Gasteiger partial charge in [0.15, 0.2) is 0 Å². The van der Waals surface area contributed by atoms with Crippen molar-refractivity contribution >= 4 is 5.97 Å². The number of carboxylic acids is 1. The molecule has 0 saturated carbocycles. The summed E-state index contributed by atoms with van der Waals surface area (Å²) in [7, 11) is 0. The fourth-order valence-electron chi connectivity index (χ4n) is 2.09. The Bertz CT molecular complexity index is 380. The molecule has 6 nitrogen and oxygen atoms in total. The molecule has 1 aliphatic heterocycles. The molecular formula is C10H14N2O4. The molecule has 1 fully saturated rings. The Morgan fingerprint density at radius 2 is 2.00 bits per heavy atom. The summed E-state index contributed by atoms with van der Waals surface area (Å²) in [5.41, 5.74) is 0. The van der Waals surface area contributed by atoms with Gasteiger partial charge in [0.2, 0.25) is 5.89 Å². The van der Waals surface area contributed by atoms with Gasteiger partial charge in [-0.1, -0.05) is 0 Å². The van der Waals surface area contributed by atoms with Crippen molar-refractivity contribution < 1.29 is 19.2 Å². The fourth-order valence-corrected chi connectivity index (χ4v) is 2.09. The molecule has 1 saturated heterocycles. The topological polar surface area (TPSA) is 85.5 Å². The molecule has 0 amide bonds. The number of ether oxygens (including phenoxy) is 1. The maximum Gasteiger partial charge on any atom is 0.377 e. The van der Waals surface area contributed by atoms with Crippen LogP contribution in [0.25, 0.3) is 0 Å². The summed E-state index contributed by atoms with van der Waals surface area (Å²) < 4.78 is 10.6. The highest BCUT2D eigenvalue weighted by Gasteiger charge is 2.30. The molecule has 0 aromatic carbocycles. The molecule has 1 N–H and O–H groups in total. The normalized spacial score (nSPS) is 30.2. The lowest BCUT2D eigenvalue weighted by Crippen LogP contribution is -2.28. The lowest BCUT2D eigenvalue weighted by atomic mass is 9.92. The maximum atomic E-state index is 10.6. The maximum absolute atomic E-state index is 10.6. The number of hydrogen-bond acceptors (Lipinski definition) is 5. The molecule has 2 heterocycles. The highest BCUT2D eigenvalue weighted by molar-refractivity contribution is 5.82. The van der Waals surface area contributed by atoms with Crippen LogP contribution in [-0.4, -0.2) is 33.4 Å². The Balaban J connectivity index is 2.13. The first kappa shape index (κ1) is 11.1. The summed E-state index contributed by atoms with van der Waals surface area (Å²) in [5.74, 6) is -0.941. The van der Waals surface area contributed by atoms with Crippen LogP contribution < -0.4 is 0 Å². The van der Waals surface area contributed by atoms with Crippen LogP contribution in [0.15, 0.2) is 4.52 Å². The van der Waals surface area contributed by atoms with Gasteiger partial charge in [-0.2, -0.15) is 4.98 Å². The molecular weight excluding hydrogens is 212 g/mol. The van der Waals surface area contributed by atoms with Gasteiger partial charge < -0.3 is 14.4 Å². The minimum atomic E-state index is -1.16. The molecule has 2 rings (SSSR count). The molecule has 2 atom stereocenters. The molecule has 1 aromatic rings. The van der Waals surface area contributed by atoms with Crippen molar-refractivity contribution in [1.82, 2.24) is 10.1 Å². The third kappa shape index (κ3) is 2.21. The van der Waals surface area contributed by atoms with E-state index < -0.39 is 5.97 Å². The van der Waals surface area contributed by atoms with E-state index in [1.165, 1.54) is 0 Å². The van der Waals surface area contributed by atoms with Crippen molar-refractivity contribution in [1.29, 1.82) is 0 Å². The second-order valence-electron chi connectivity index (χ2n) is 4.19. The van der Waals surface area contributed by atoms with Crippen LogP contribution in [0.3, 0.4) is 0 Å². The van der Waals surface area contributed by atoms with Crippen LogP contribution in [-0.2, 0) is 4.74 Å². The summed E-state index contributed by atoms with van der Waals surface area (Å²) in [6.45, 7) is 3.97. The van der Waals surface area contributed by atoms with Crippen LogP contribution in [0.5, 0.6) is 0 Å². The van der Waals surface area contributed by atoms with E-state index in [1.54, 1.807) is 0 Å². The van der Waals surface area contributed by atoms with Crippen molar-refractivity contribution in [3.05, 3.63) is 11.7 Å². The highest BCUT2D eigenvalue weighted by Crippen LogP contribution is 2.31. The lowest BCUT2D eigenvalue weighted by molar-refractivity contribution is -0.0419. The van der Waals surface area contributed by atoms with Crippen LogP contribution in [0.4, 0.5) is 0 Å². The average Bonchev–Trinajstić information content (AvgIpc) is 2.64. The smallest absolute Gasteiger partial charge is 0.377 e. The van der Waals surface area contributed by atoms with E-state index >= 15 is 0 Å². The molecule has 1 aliphatic rings. The van der Waals surface area contributed by atoms with E-state index in [4.69, 9.17) is 14.4 Å². The van der Waals surface area contributed by atoms with Crippen molar-refractivity contribution in [3.63, 3.8) is 0 Å². The van der Waals surface area contributed by atoms with E-state index in [0.717, 1.165) is 12.8 Å². The number of nitrogens with zero attached hydrogens (tertiary/aromatic N) is 2. The third-order valence-electron chi connectivity index (χ3n) is 2.68. The Morgan fingerprint density at radius 3 is 2.50 bits per heavy atom. The summed E-state index contributed by atoms with van der Waals surface area (Å²) in [4.78, 5) is 14.5. The SMILES string of the molecule is CC1CC(c2nc(C(=O)O)no2)CC(C)O1. The molecule has 1 aromatic heterocycles. The van der Waals surface area contributed by atoms with Crippen molar-refractivity contribution in [2.75, 3.05) is 0 Å². The van der Waals surface area contributed by atoms with E-state index in [1.807, 2.05) is 13.8 Å². The third-order valence-corrected chi connectivity index (χ3v) is 2.68. The molecule has 0 radical (unpaired) electrons. The standard InChI is InChI=1S/C10H14N2O4/c1-5-3-7(4-6(2)15-5)9-11-8(10(13)14)12-16-9/h5-7H,3-4H2,1-2H3,(H,13,14). The van der Waals surface area contributed by atoms with Gasteiger partial charge in [0.05, 0.1) is 12.2 Å². The largest absolute Gasteiger partial charge is 0.475 e. The van der Waals surface area contributed by atoms with Crippen LogP contribution in [0.2, 0.25) is 0 Å². The van der Waals surface area contributed by atoms with E-state index in [9.17, 15) is 4.79 Å². The number of rotatable bonds is 2. The molecule has 16 heavy (non-hydrogen) atoms. The zero-order valence-electron chi connectivity index (χ0n) is 9.21. The first-order valence-electron chi connectivity index (χ1n) is 5.28. The van der Waals surface area contributed by atoms with Crippen LogP contribution >= 0.6 is 0 Å². The Labute approximate surface area is 92.6 Å². The Kier molecular flexibility index (Phi) is 2.91. The second kappa shape index (κ2) is 4.21. The predicted molar refractivity (Wildman–Crippen MR) is 53.2 cm³/mol. The van der Waals surface area contributed by atoms with E-state index in [0.29, 0.717) is 5.89 Å². The monoisotopic (exact) mass is 226 g/mol. The molecule has 6 heteroatoms. The Hall–Kier alpha value is -1.43. The summed E-state index contributed by atoms with van der Waals surface area (Å²) in [6.07, 6.45) is 1.83. The van der Waals surface area contributed by atoms with E-state index in [2.05, 4.69) is 10.1 Å². The molecule has 2 unspecified atom stereocenters. The minimum Gasteiger partial charge on any atom is -0.475 e. The van der Waals surface area contributed by atoms with Crippen molar-refractivity contribution in [3.8, 4) is 0 Å². The number of aromatic nitrogens is 2. The van der Waals surface area contributed by atoms with Gasteiger partial charge in [-0.05, 0) is 31.8 Å². The summed E-state index contributed by atoms with van der Waals surface area (Å²) in [5, 5.41) is 12.1. The Morgan fingerprint density at radius 1 is 1.38 bits per heavy atom. The van der Waals surface area contributed by atoms with Crippen LogP contribution in [0, 0.1) is 0 Å². The van der Waals surface area contributed by atoms with Gasteiger partial charge in [-0.25, -0.2) is 4.79 Å². The zero-order valence-corrected chi connectivity index (χ0v) is 9.21. The van der Waals surface area contributed by atoms with Gasteiger partial charge in [-0.3, -0.25) is 0 Å². The second-order valence-corrected chi connectivity index (χ2v) is 4.19. The molecule has 0 bridgehead atoms. The first-order chi connectivity index (χ1) is 7.56. The van der Waals surface area contributed by atoms with Gasteiger partial charge in [-0.15, -0.1) is 0 Å². The predicted octanol–water partition coefficient (Wildman–Crippen LogP) is 1.44. The number of carboxylic acid groups (broad SMARTS) is 1. The zero-order chi connectivity index (χ0) is 11.7. The summed E-state index contributed by atoms with van der Waals surface area (Å²) in [6, 6.07) is 0. The molecule has 0 spiro atoms. The van der Waals surface area contributed by atoms with Gasteiger partial charge >= 0.3 is 5.97 Å². The van der Waals surface area contributed by atoms with Gasteiger partial charge in [0.1, 0.15) is 0 Å². The average molecular weight is 226 g/mol. The minimum absolute atomic E-state index is 0.0966. The van der Waals surface area contributed by atoms with Crippen LogP contribution in [0.1, 0.15) is 49.1 Å². The first-order valence-corrected chi connectivity index (χ1v) is 5.28. The van der Waals surface area contributed by atoms with Gasteiger partial charge in [0.25, 0.3) is 5.82 Å². The number of aromatic carboxylic acids is 1. The highest BCUT2D eigenvalue weighted by atomic mass is 16.5. The molecule has 0 aliphatic carbocycles. The summed E-state index contributed by atoms with van der Waals surface area (Å²) >= 11 is 0. The molecule has 88 valence electrons. The van der Waals surface area contributed by atoms with Crippen molar-refractivity contribution in [2.24, 2.45) is 0 Å². The van der Waals surface area contributed by atoms with Crippen molar-refractivity contribution in [2.45, 2.75) is 44.8 Å². The van der Waals surface area contributed by atoms with E-state index in [-0.39, 0.29) is 24.0 Å². The fraction of sp³-hybridized carbons (Fsp3) is 0.700. The number of carbonyl (C=O) groups is 1. The quantitative estimate of drug-likeness (QED) is 0.821. The van der Waals surface area contributed by atoms with Gasteiger partial charge in [0, 0.05) is 5.92 Å². The number of hydrogen-bond donors (Lipinski definition) is 1.